The van der Waals surface area contributed by atoms with Gasteiger partial charge in [0, 0.05) is 16.2 Å². The SMILES string of the molecule is CCC(CBr)NC(=O)c1cc2c(s1)CCCCC2. The third kappa shape index (κ3) is 3.35. The standard InChI is InChI=1S/C14H20BrNOS/c1-2-11(9-15)16-14(17)13-8-10-6-4-3-5-7-12(10)18-13/h8,11H,2-7,9H2,1H3,(H,16,17). The third-order valence-electron chi connectivity index (χ3n) is 3.48. The minimum Gasteiger partial charge on any atom is -0.348 e. The van der Waals surface area contributed by atoms with Gasteiger partial charge in [-0.3, -0.25) is 4.79 Å². The average Bonchev–Trinajstić information content (AvgIpc) is 2.67. The maximum Gasteiger partial charge on any atom is 0.261 e. The van der Waals surface area contributed by atoms with Gasteiger partial charge < -0.3 is 5.32 Å². The Kier molecular flexibility index (Phi) is 5.25. The predicted octanol–water partition coefficient (Wildman–Crippen LogP) is 3.92. The molecule has 0 spiro atoms. The number of halogens is 1. The number of fused-ring (bicyclic) bond motifs is 1. The van der Waals surface area contributed by atoms with Gasteiger partial charge in [0.15, 0.2) is 0 Å². The highest BCUT2D eigenvalue weighted by atomic mass is 79.9. The number of carbonyl (C=O) groups excluding carboxylic acids is 1. The molecule has 100 valence electrons. The van der Waals surface area contributed by atoms with E-state index in [1.54, 1.807) is 11.3 Å². The van der Waals surface area contributed by atoms with Crippen molar-refractivity contribution in [3.8, 4) is 0 Å². The number of rotatable bonds is 4. The smallest absolute Gasteiger partial charge is 0.261 e. The topological polar surface area (TPSA) is 29.1 Å². The van der Waals surface area contributed by atoms with Gasteiger partial charge in [-0.25, -0.2) is 0 Å². The fourth-order valence-corrected chi connectivity index (χ4v) is 4.06. The molecule has 0 saturated heterocycles. The van der Waals surface area contributed by atoms with E-state index in [1.807, 2.05) is 0 Å². The van der Waals surface area contributed by atoms with Crippen LogP contribution in [0.1, 0.15) is 52.7 Å². The summed E-state index contributed by atoms with van der Waals surface area (Å²) in [6, 6.07) is 2.35. The van der Waals surface area contributed by atoms with Crippen LogP contribution in [-0.2, 0) is 12.8 Å². The molecule has 0 radical (unpaired) electrons. The van der Waals surface area contributed by atoms with E-state index in [9.17, 15) is 4.79 Å². The molecule has 1 atom stereocenters. The normalized spacial score (nSPS) is 16.8. The molecule has 0 bridgehead atoms. The molecule has 0 saturated carbocycles. The second-order valence-electron chi connectivity index (χ2n) is 4.85. The van der Waals surface area contributed by atoms with E-state index < -0.39 is 0 Å². The first-order chi connectivity index (χ1) is 8.74. The average molecular weight is 330 g/mol. The van der Waals surface area contributed by atoms with Crippen molar-refractivity contribution in [1.82, 2.24) is 5.32 Å². The van der Waals surface area contributed by atoms with Crippen molar-refractivity contribution in [3.05, 3.63) is 21.4 Å². The van der Waals surface area contributed by atoms with E-state index in [0.29, 0.717) is 0 Å². The van der Waals surface area contributed by atoms with Crippen LogP contribution in [0.3, 0.4) is 0 Å². The van der Waals surface area contributed by atoms with Crippen molar-refractivity contribution in [2.24, 2.45) is 0 Å². The molecule has 1 aliphatic carbocycles. The van der Waals surface area contributed by atoms with Gasteiger partial charge in [0.2, 0.25) is 0 Å². The Morgan fingerprint density at radius 1 is 1.44 bits per heavy atom. The van der Waals surface area contributed by atoms with Crippen LogP contribution >= 0.6 is 27.3 Å². The summed E-state index contributed by atoms with van der Waals surface area (Å²) in [5, 5.41) is 3.90. The molecule has 1 heterocycles. The molecule has 18 heavy (non-hydrogen) atoms. The van der Waals surface area contributed by atoms with E-state index in [0.717, 1.165) is 29.5 Å². The molecule has 1 amide bonds. The zero-order chi connectivity index (χ0) is 13.0. The Morgan fingerprint density at radius 2 is 2.22 bits per heavy atom. The summed E-state index contributed by atoms with van der Waals surface area (Å²) in [4.78, 5) is 14.5. The summed E-state index contributed by atoms with van der Waals surface area (Å²) in [6.07, 6.45) is 7.13. The van der Waals surface area contributed by atoms with Crippen LogP contribution in [0.2, 0.25) is 0 Å². The highest BCUT2D eigenvalue weighted by Gasteiger charge is 2.17. The van der Waals surface area contributed by atoms with Crippen LogP contribution in [0.4, 0.5) is 0 Å². The fourth-order valence-electron chi connectivity index (χ4n) is 2.29. The maximum absolute atomic E-state index is 12.2. The second-order valence-corrected chi connectivity index (χ2v) is 6.64. The third-order valence-corrected chi connectivity index (χ3v) is 5.50. The molecule has 1 aliphatic rings. The molecule has 2 nitrogen and oxygen atoms in total. The van der Waals surface area contributed by atoms with E-state index in [-0.39, 0.29) is 11.9 Å². The lowest BCUT2D eigenvalue weighted by atomic mass is 10.1. The van der Waals surface area contributed by atoms with Crippen LogP contribution in [0.15, 0.2) is 6.07 Å². The molecule has 1 aromatic heterocycles. The van der Waals surface area contributed by atoms with Gasteiger partial charge in [-0.05, 0) is 43.7 Å². The van der Waals surface area contributed by atoms with Crippen molar-refractivity contribution in [3.63, 3.8) is 0 Å². The number of hydrogen-bond donors (Lipinski definition) is 1. The summed E-state index contributed by atoms with van der Waals surface area (Å²) in [6.45, 7) is 2.09. The lowest BCUT2D eigenvalue weighted by Crippen LogP contribution is -2.35. The van der Waals surface area contributed by atoms with Crippen LogP contribution in [-0.4, -0.2) is 17.3 Å². The first-order valence-electron chi connectivity index (χ1n) is 6.73. The molecular weight excluding hydrogens is 310 g/mol. The predicted molar refractivity (Wildman–Crippen MR) is 80.9 cm³/mol. The minimum atomic E-state index is 0.0966. The van der Waals surface area contributed by atoms with E-state index in [4.69, 9.17) is 0 Å². The molecule has 1 aromatic rings. The van der Waals surface area contributed by atoms with Crippen LogP contribution in [0.5, 0.6) is 0 Å². The number of amides is 1. The van der Waals surface area contributed by atoms with Crippen molar-refractivity contribution in [2.45, 2.75) is 51.5 Å². The summed E-state index contributed by atoms with van der Waals surface area (Å²) < 4.78 is 0. The molecule has 0 aliphatic heterocycles. The summed E-state index contributed by atoms with van der Waals surface area (Å²) in [5.41, 5.74) is 1.41. The summed E-state index contributed by atoms with van der Waals surface area (Å²) in [7, 11) is 0. The van der Waals surface area contributed by atoms with Gasteiger partial charge in [-0.15, -0.1) is 11.3 Å². The number of nitrogens with one attached hydrogen (secondary N) is 1. The van der Waals surface area contributed by atoms with E-state index >= 15 is 0 Å². The van der Waals surface area contributed by atoms with Gasteiger partial charge in [0.25, 0.3) is 5.91 Å². The number of aryl methyl sites for hydroxylation is 2. The lowest BCUT2D eigenvalue weighted by Gasteiger charge is -2.12. The Balaban J connectivity index is 2.07. The van der Waals surface area contributed by atoms with Gasteiger partial charge >= 0.3 is 0 Å². The fraction of sp³-hybridized carbons (Fsp3) is 0.643. The number of carbonyl (C=O) groups is 1. The molecule has 4 heteroatoms. The molecule has 0 aromatic carbocycles. The Bertz CT molecular complexity index is 388. The minimum absolute atomic E-state index is 0.0966. The van der Waals surface area contributed by atoms with E-state index in [1.165, 1.54) is 29.7 Å². The highest BCUT2D eigenvalue weighted by Crippen LogP contribution is 2.29. The van der Waals surface area contributed by atoms with Crippen molar-refractivity contribution in [2.75, 3.05) is 5.33 Å². The quantitative estimate of drug-likeness (QED) is 0.658. The van der Waals surface area contributed by atoms with Gasteiger partial charge in [0.1, 0.15) is 0 Å². The van der Waals surface area contributed by atoms with Crippen LogP contribution in [0, 0.1) is 0 Å². The van der Waals surface area contributed by atoms with Gasteiger partial charge in [0.05, 0.1) is 4.88 Å². The largest absolute Gasteiger partial charge is 0.348 e. The number of alkyl halides is 1. The molecule has 1 unspecified atom stereocenters. The first-order valence-corrected chi connectivity index (χ1v) is 8.66. The van der Waals surface area contributed by atoms with Crippen molar-refractivity contribution >= 4 is 33.2 Å². The zero-order valence-electron chi connectivity index (χ0n) is 10.8. The number of thiophene rings is 1. The second kappa shape index (κ2) is 6.71. The zero-order valence-corrected chi connectivity index (χ0v) is 13.2. The molecule has 1 N–H and O–H groups in total. The van der Waals surface area contributed by atoms with Crippen molar-refractivity contribution in [1.29, 1.82) is 0 Å². The molecular formula is C14H20BrNOS. The maximum atomic E-state index is 12.2. The Hall–Kier alpha value is -0.350. The van der Waals surface area contributed by atoms with Gasteiger partial charge in [-0.1, -0.05) is 29.3 Å². The number of hydrogen-bond acceptors (Lipinski definition) is 2. The van der Waals surface area contributed by atoms with E-state index in [2.05, 4.69) is 34.2 Å². The first kappa shape index (κ1) is 14.1. The summed E-state index contributed by atoms with van der Waals surface area (Å²) in [5.74, 6) is 0.0966. The Labute approximate surface area is 121 Å². The summed E-state index contributed by atoms with van der Waals surface area (Å²) >= 11 is 5.13. The monoisotopic (exact) mass is 329 g/mol. The van der Waals surface area contributed by atoms with Gasteiger partial charge in [-0.2, -0.15) is 0 Å². The molecule has 0 fully saturated rings. The van der Waals surface area contributed by atoms with Crippen LogP contribution < -0.4 is 5.32 Å². The molecule has 2 rings (SSSR count). The lowest BCUT2D eigenvalue weighted by molar-refractivity contribution is 0.0944. The highest BCUT2D eigenvalue weighted by molar-refractivity contribution is 9.09. The Morgan fingerprint density at radius 3 is 2.94 bits per heavy atom. The van der Waals surface area contributed by atoms with Crippen LogP contribution in [0.25, 0.3) is 0 Å². The van der Waals surface area contributed by atoms with Crippen molar-refractivity contribution < 1.29 is 4.79 Å².